The topological polar surface area (TPSA) is 96.7 Å². The highest BCUT2D eigenvalue weighted by atomic mass is 35.5. The summed E-state index contributed by atoms with van der Waals surface area (Å²) in [5.41, 5.74) is 1.60. The number of aromatic nitrogens is 2. The van der Waals surface area contributed by atoms with E-state index in [-0.39, 0.29) is 11.2 Å². The minimum Gasteiger partial charge on any atom is -0.324 e. The first-order valence-corrected chi connectivity index (χ1v) is 9.27. The van der Waals surface area contributed by atoms with Crippen LogP contribution >= 0.6 is 11.6 Å². The maximum atomic E-state index is 12.5. The molecule has 2 aromatic rings. The van der Waals surface area contributed by atoms with E-state index in [4.69, 9.17) is 11.6 Å². The summed E-state index contributed by atoms with van der Waals surface area (Å²) in [4.78, 5) is 16.3. The Balaban J connectivity index is 1.85. The molecule has 0 spiro atoms. The normalized spacial score (nSPS) is 17.5. The molecule has 1 N–H and O–H groups in total. The molecule has 8 nitrogen and oxygen atoms in total. The van der Waals surface area contributed by atoms with Gasteiger partial charge in [-0.2, -0.15) is 13.5 Å². The number of nitrogens with one attached hydrogen (secondary N) is 1. The predicted octanol–water partition coefficient (Wildman–Crippen LogP) is 2.29. The number of imidazole rings is 1. The molecule has 10 heteroatoms. The first-order chi connectivity index (χ1) is 11.8. The summed E-state index contributed by atoms with van der Waals surface area (Å²) in [5.74, 6) is 0. The van der Waals surface area contributed by atoms with E-state index in [1.54, 1.807) is 14.0 Å². The maximum Gasteiger partial charge on any atom is 0.352 e. The number of carbonyl (C=O) groups excluding carboxylic acids is 1. The Morgan fingerprint density at radius 3 is 2.60 bits per heavy atom. The third-order valence-corrected chi connectivity index (χ3v) is 5.57. The highest BCUT2D eigenvalue weighted by Gasteiger charge is 2.34. The SMILES string of the molecule is CC1=NN(C(=O)NS(=O)(=O)c2ncn(C)c2Cl)C(c2ccccc2)C1. The Kier molecular flexibility index (Phi) is 4.53. The van der Waals surface area contributed by atoms with Gasteiger partial charge in [0.05, 0.1) is 12.4 Å². The first-order valence-electron chi connectivity index (χ1n) is 7.41. The molecule has 0 saturated carbocycles. The Hall–Kier alpha value is -2.39. The van der Waals surface area contributed by atoms with Crippen molar-refractivity contribution < 1.29 is 13.2 Å². The van der Waals surface area contributed by atoms with Crippen molar-refractivity contribution in [2.24, 2.45) is 12.1 Å². The van der Waals surface area contributed by atoms with Crippen molar-refractivity contribution in [3.05, 3.63) is 47.4 Å². The second-order valence-corrected chi connectivity index (χ2v) is 7.63. The second kappa shape index (κ2) is 6.49. The van der Waals surface area contributed by atoms with Crippen LogP contribution in [0.25, 0.3) is 0 Å². The Labute approximate surface area is 150 Å². The largest absolute Gasteiger partial charge is 0.352 e. The number of sulfonamides is 1. The van der Waals surface area contributed by atoms with Gasteiger partial charge in [-0.05, 0) is 12.5 Å². The fourth-order valence-electron chi connectivity index (χ4n) is 2.57. The van der Waals surface area contributed by atoms with Crippen LogP contribution in [0.1, 0.15) is 24.9 Å². The predicted molar refractivity (Wildman–Crippen MR) is 92.7 cm³/mol. The number of urea groups is 1. The minimum absolute atomic E-state index is 0.0824. The van der Waals surface area contributed by atoms with Gasteiger partial charge in [-0.25, -0.2) is 19.5 Å². The van der Waals surface area contributed by atoms with Crippen LogP contribution in [-0.2, 0) is 17.1 Å². The van der Waals surface area contributed by atoms with Gasteiger partial charge < -0.3 is 4.57 Å². The summed E-state index contributed by atoms with van der Waals surface area (Å²) in [6.07, 6.45) is 1.79. The molecule has 2 heterocycles. The van der Waals surface area contributed by atoms with Crippen molar-refractivity contribution in [3.8, 4) is 0 Å². The number of rotatable bonds is 3. The molecule has 0 radical (unpaired) electrons. The Morgan fingerprint density at radius 1 is 1.32 bits per heavy atom. The van der Waals surface area contributed by atoms with Crippen molar-refractivity contribution in [1.82, 2.24) is 19.3 Å². The average Bonchev–Trinajstić information content (AvgIpc) is 3.12. The van der Waals surface area contributed by atoms with Gasteiger partial charge in [-0.15, -0.1) is 0 Å². The first kappa shape index (κ1) is 17.4. The molecule has 1 unspecified atom stereocenters. The van der Waals surface area contributed by atoms with Gasteiger partial charge >= 0.3 is 6.03 Å². The zero-order valence-electron chi connectivity index (χ0n) is 13.5. The van der Waals surface area contributed by atoms with Crippen molar-refractivity contribution in [2.75, 3.05) is 0 Å². The molecule has 3 rings (SSSR count). The van der Waals surface area contributed by atoms with Crippen LogP contribution in [0.3, 0.4) is 0 Å². The smallest absolute Gasteiger partial charge is 0.324 e. The van der Waals surface area contributed by atoms with E-state index in [2.05, 4.69) is 10.1 Å². The monoisotopic (exact) mass is 381 g/mol. The molecule has 25 heavy (non-hydrogen) atoms. The van der Waals surface area contributed by atoms with Crippen LogP contribution in [0.15, 0.2) is 46.8 Å². The summed E-state index contributed by atoms with van der Waals surface area (Å²) < 4.78 is 28.1. The van der Waals surface area contributed by atoms with Crippen LogP contribution in [0.2, 0.25) is 5.15 Å². The third kappa shape index (κ3) is 3.38. The lowest BCUT2D eigenvalue weighted by molar-refractivity contribution is 0.192. The van der Waals surface area contributed by atoms with Gasteiger partial charge in [0, 0.05) is 19.2 Å². The summed E-state index contributed by atoms with van der Waals surface area (Å²) >= 11 is 5.91. The number of hydrazone groups is 1. The van der Waals surface area contributed by atoms with Crippen molar-refractivity contribution in [2.45, 2.75) is 24.4 Å². The van der Waals surface area contributed by atoms with E-state index in [1.807, 2.05) is 35.1 Å². The Bertz CT molecular complexity index is 939. The van der Waals surface area contributed by atoms with Gasteiger partial charge in [0.2, 0.25) is 5.03 Å². The van der Waals surface area contributed by atoms with Crippen LogP contribution in [0, 0.1) is 0 Å². The van der Waals surface area contributed by atoms with Crippen LogP contribution in [0.4, 0.5) is 4.79 Å². The van der Waals surface area contributed by atoms with Crippen molar-refractivity contribution >= 4 is 33.4 Å². The third-order valence-electron chi connectivity index (χ3n) is 3.77. The number of amides is 2. The molecule has 1 aromatic heterocycles. The molecule has 0 saturated heterocycles. The van der Waals surface area contributed by atoms with Crippen LogP contribution in [-0.4, -0.2) is 34.7 Å². The average molecular weight is 382 g/mol. The van der Waals surface area contributed by atoms with Gasteiger partial charge in [0.25, 0.3) is 10.0 Å². The molecule has 132 valence electrons. The van der Waals surface area contributed by atoms with Crippen molar-refractivity contribution in [3.63, 3.8) is 0 Å². The summed E-state index contributed by atoms with van der Waals surface area (Å²) in [6.45, 7) is 1.79. The maximum absolute atomic E-state index is 12.5. The number of hydrogen-bond acceptors (Lipinski definition) is 5. The van der Waals surface area contributed by atoms with Crippen LogP contribution < -0.4 is 4.72 Å². The molecule has 2 amide bonds. The highest BCUT2D eigenvalue weighted by molar-refractivity contribution is 7.90. The van der Waals surface area contributed by atoms with Gasteiger partial charge in [-0.1, -0.05) is 41.9 Å². The summed E-state index contributed by atoms with van der Waals surface area (Å²) in [5, 5.41) is 4.82. The van der Waals surface area contributed by atoms with E-state index in [0.29, 0.717) is 6.42 Å². The number of nitrogens with zero attached hydrogens (tertiary/aromatic N) is 4. The number of benzene rings is 1. The zero-order valence-corrected chi connectivity index (χ0v) is 15.1. The number of hydrogen-bond donors (Lipinski definition) is 1. The standard InChI is InChI=1S/C15H16ClN5O3S/c1-10-8-12(11-6-4-3-5-7-11)21(18-10)15(22)19-25(23,24)14-13(16)20(2)9-17-14/h3-7,9,12H,8H2,1-2H3,(H,19,22). The summed E-state index contributed by atoms with van der Waals surface area (Å²) in [7, 11) is -2.65. The number of aryl methyl sites for hydroxylation is 1. The fourth-order valence-corrected chi connectivity index (χ4v) is 3.93. The quantitative estimate of drug-likeness (QED) is 0.882. The van der Waals surface area contributed by atoms with E-state index in [9.17, 15) is 13.2 Å². The van der Waals surface area contributed by atoms with Crippen molar-refractivity contribution in [1.29, 1.82) is 0 Å². The molecule has 1 aromatic carbocycles. The van der Waals surface area contributed by atoms with Gasteiger partial charge in [-0.3, -0.25) is 0 Å². The second-order valence-electron chi connectivity index (χ2n) is 5.67. The van der Waals surface area contributed by atoms with E-state index < -0.39 is 21.1 Å². The summed E-state index contributed by atoms with van der Waals surface area (Å²) in [6, 6.07) is 8.08. The van der Waals surface area contributed by atoms with E-state index in [0.717, 1.165) is 16.3 Å². The lowest BCUT2D eigenvalue weighted by Gasteiger charge is -2.22. The highest BCUT2D eigenvalue weighted by Crippen LogP contribution is 2.30. The van der Waals surface area contributed by atoms with E-state index in [1.165, 1.54) is 10.9 Å². The molecule has 1 aliphatic rings. The molecule has 0 bridgehead atoms. The molecule has 1 aliphatic heterocycles. The molecule has 1 atom stereocenters. The van der Waals surface area contributed by atoms with Gasteiger partial charge in [0.15, 0.2) is 0 Å². The number of halogens is 1. The lowest BCUT2D eigenvalue weighted by Crippen LogP contribution is -2.40. The molecular weight excluding hydrogens is 366 g/mol. The molecule has 0 aliphatic carbocycles. The lowest BCUT2D eigenvalue weighted by atomic mass is 10.0. The van der Waals surface area contributed by atoms with E-state index >= 15 is 0 Å². The van der Waals surface area contributed by atoms with Crippen LogP contribution in [0.5, 0.6) is 0 Å². The van der Waals surface area contributed by atoms with Gasteiger partial charge in [0.1, 0.15) is 5.15 Å². The minimum atomic E-state index is -4.20. The Morgan fingerprint density at radius 2 is 2.00 bits per heavy atom. The fraction of sp³-hybridized carbons (Fsp3) is 0.267. The molecule has 0 fully saturated rings. The zero-order chi connectivity index (χ0) is 18.2. The number of carbonyl (C=O) groups is 1. The molecular formula is C15H16ClN5O3S.